The van der Waals surface area contributed by atoms with Gasteiger partial charge in [-0.1, -0.05) is 24.4 Å². The summed E-state index contributed by atoms with van der Waals surface area (Å²) in [7, 11) is 0. The summed E-state index contributed by atoms with van der Waals surface area (Å²) in [5, 5.41) is 4.09. The van der Waals surface area contributed by atoms with E-state index in [0.717, 1.165) is 23.8 Å². The first-order chi connectivity index (χ1) is 7.25. The van der Waals surface area contributed by atoms with E-state index < -0.39 is 0 Å². The van der Waals surface area contributed by atoms with E-state index in [9.17, 15) is 0 Å². The molecule has 15 heavy (non-hydrogen) atoms. The van der Waals surface area contributed by atoms with Crippen LogP contribution in [0.2, 0.25) is 5.02 Å². The lowest BCUT2D eigenvalue weighted by molar-refractivity contribution is 0.580. The van der Waals surface area contributed by atoms with Crippen LogP contribution in [-0.4, -0.2) is 6.54 Å². The Labute approximate surface area is 95.8 Å². The SMILES string of the molecule is Nc1cc(Cl)ccc1NCC1CCCC1. The monoisotopic (exact) mass is 224 g/mol. The van der Waals surface area contributed by atoms with Crippen molar-refractivity contribution in [1.82, 2.24) is 0 Å². The first-order valence-electron chi connectivity index (χ1n) is 5.54. The topological polar surface area (TPSA) is 38.0 Å². The maximum atomic E-state index is 5.86. The highest BCUT2D eigenvalue weighted by Crippen LogP contribution is 2.27. The average Bonchev–Trinajstić information content (AvgIpc) is 2.69. The van der Waals surface area contributed by atoms with Gasteiger partial charge in [-0.2, -0.15) is 0 Å². The van der Waals surface area contributed by atoms with Gasteiger partial charge in [0.25, 0.3) is 0 Å². The molecule has 0 spiro atoms. The third-order valence-corrected chi connectivity index (χ3v) is 3.30. The number of nitrogens with one attached hydrogen (secondary N) is 1. The Bertz CT molecular complexity index is 332. The second-order valence-corrected chi connectivity index (χ2v) is 4.70. The molecule has 1 aliphatic carbocycles. The number of hydrogen-bond donors (Lipinski definition) is 2. The molecule has 0 amide bonds. The largest absolute Gasteiger partial charge is 0.397 e. The van der Waals surface area contributed by atoms with Crippen LogP contribution in [0.25, 0.3) is 0 Å². The lowest BCUT2D eigenvalue weighted by Crippen LogP contribution is -2.11. The molecule has 2 nitrogen and oxygen atoms in total. The Morgan fingerprint density at radius 1 is 1.33 bits per heavy atom. The molecule has 1 aliphatic rings. The maximum absolute atomic E-state index is 5.86. The summed E-state index contributed by atoms with van der Waals surface area (Å²) in [6, 6.07) is 5.61. The highest BCUT2D eigenvalue weighted by molar-refractivity contribution is 6.31. The Morgan fingerprint density at radius 3 is 2.73 bits per heavy atom. The van der Waals surface area contributed by atoms with Crippen LogP contribution in [0, 0.1) is 5.92 Å². The Morgan fingerprint density at radius 2 is 2.07 bits per heavy atom. The number of hydrogen-bond acceptors (Lipinski definition) is 2. The van der Waals surface area contributed by atoms with Gasteiger partial charge in [0.2, 0.25) is 0 Å². The number of benzene rings is 1. The molecule has 82 valence electrons. The number of nitrogens with two attached hydrogens (primary N) is 1. The zero-order valence-electron chi connectivity index (χ0n) is 8.80. The molecule has 1 saturated carbocycles. The van der Waals surface area contributed by atoms with Crippen LogP contribution >= 0.6 is 11.6 Å². The van der Waals surface area contributed by atoms with Crippen LogP contribution in [0.15, 0.2) is 18.2 Å². The molecular formula is C12H17ClN2. The Kier molecular flexibility index (Phi) is 3.37. The Hall–Kier alpha value is -0.890. The molecule has 0 unspecified atom stereocenters. The smallest absolute Gasteiger partial charge is 0.0575 e. The average molecular weight is 225 g/mol. The van der Waals surface area contributed by atoms with E-state index in [-0.39, 0.29) is 0 Å². The lowest BCUT2D eigenvalue weighted by atomic mass is 10.1. The Balaban J connectivity index is 1.92. The standard InChI is InChI=1S/C12H17ClN2/c13-10-5-6-12(11(14)7-10)15-8-9-3-1-2-4-9/h5-7,9,15H,1-4,8,14H2. The molecule has 0 aliphatic heterocycles. The van der Waals surface area contributed by atoms with Crippen LogP contribution in [0.3, 0.4) is 0 Å². The van der Waals surface area contributed by atoms with Crippen molar-refractivity contribution in [3.05, 3.63) is 23.2 Å². The van der Waals surface area contributed by atoms with Crippen molar-refractivity contribution in [2.45, 2.75) is 25.7 Å². The van der Waals surface area contributed by atoms with Gasteiger partial charge in [-0.25, -0.2) is 0 Å². The summed E-state index contributed by atoms with van der Waals surface area (Å²) >= 11 is 5.84. The first kappa shape index (κ1) is 10.6. The van der Waals surface area contributed by atoms with Gasteiger partial charge in [0.05, 0.1) is 11.4 Å². The fraction of sp³-hybridized carbons (Fsp3) is 0.500. The summed E-state index contributed by atoms with van der Waals surface area (Å²) in [5.41, 5.74) is 7.60. The zero-order valence-corrected chi connectivity index (χ0v) is 9.56. The summed E-state index contributed by atoms with van der Waals surface area (Å²) < 4.78 is 0. The van der Waals surface area contributed by atoms with E-state index in [4.69, 9.17) is 17.3 Å². The van der Waals surface area contributed by atoms with E-state index in [1.54, 1.807) is 6.07 Å². The molecule has 0 saturated heterocycles. The highest BCUT2D eigenvalue weighted by atomic mass is 35.5. The quantitative estimate of drug-likeness (QED) is 0.771. The molecule has 1 fully saturated rings. The number of anilines is 2. The minimum Gasteiger partial charge on any atom is -0.397 e. The van der Waals surface area contributed by atoms with E-state index in [2.05, 4.69) is 5.32 Å². The van der Waals surface area contributed by atoms with Crippen LogP contribution in [0.1, 0.15) is 25.7 Å². The van der Waals surface area contributed by atoms with E-state index in [1.165, 1.54) is 25.7 Å². The van der Waals surface area contributed by atoms with Gasteiger partial charge in [0.1, 0.15) is 0 Å². The predicted octanol–water partition coefficient (Wildman–Crippen LogP) is 3.52. The number of nitrogen functional groups attached to an aromatic ring is 1. The third-order valence-electron chi connectivity index (χ3n) is 3.07. The van der Waals surface area contributed by atoms with Gasteiger partial charge in [-0.3, -0.25) is 0 Å². The van der Waals surface area contributed by atoms with Crippen molar-refractivity contribution in [3.63, 3.8) is 0 Å². The first-order valence-corrected chi connectivity index (χ1v) is 5.92. The molecule has 1 aromatic carbocycles. The third kappa shape index (κ3) is 2.78. The van der Waals surface area contributed by atoms with Gasteiger partial charge >= 0.3 is 0 Å². The number of halogens is 1. The van der Waals surface area contributed by atoms with Crippen molar-refractivity contribution in [3.8, 4) is 0 Å². The van der Waals surface area contributed by atoms with Gasteiger partial charge < -0.3 is 11.1 Å². The van der Waals surface area contributed by atoms with Crippen molar-refractivity contribution in [1.29, 1.82) is 0 Å². The lowest BCUT2D eigenvalue weighted by Gasteiger charge is -2.13. The van der Waals surface area contributed by atoms with Crippen LogP contribution in [-0.2, 0) is 0 Å². The fourth-order valence-electron chi connectivity index (χ4n) is 2.16. The molecule has 3 N–H and O–H groups in total. The van der Waals surface area contributed by atoms with E-state index >= 15 is 0 Å². The second-order valence-electron chi connectivity index (χ2n) is 4.26. The minimum absolute atomic E-state index is 0.693. The number of rotatable bonds is 3. The van der Waals surface area contributed by atoms with E-state index in [0.29, 0.717) is 5.02 Å². The highest BCUT2D eigenvalue weighted by Gasteiger charge is 2.14. The molecule has 0 heterocycles. The van der Waals surface area contributed by atoms with Crippen LogP contribution in [0.5, 0.6) is 0 Å². The van der Waals surface area contributed by atoms with E-state index in [1.807, 2.05) is 12.1 Å². The van der Waals surface area contributed by atoms with Crippen molar-refractivity contribution < 1.29 is 0 Å². The molecule has 0 radical (unpaired) electrons. The van der Waals surface area contributed by atoms with Crippen LogP contribution in [0.4, 0.5) is 11.4 Å². The molecule has 0 atom stereocenters. The minimum atomic E-state index is 0.693. The van der Waals surface area contributed by atoms with Gasteiger partial charge in [-0.15, -0.1) is 0 Å². The summed E-state index contributed by atoms with van der Waals surface area (Å²) in [4.78, 5) is 0. The summed E-state index contributed by atoms with van der Waals surface area (Å²) in [5.74, 6) is 0.820. The normalized spacial score (nSPS) is 16.9. The maximum Gasteiger partial charge on any atom is 0.0575 e. The summed E-state index contributed by atoms with van der Waals surface area (Å²) in [6.07, 6.45) is 5.45. The molecule has 0 bridgehead atoms. The van der Waals surface area contributed by atoms with Crippen LogP contribution < -0.4 is 11.1 Å². The van der Waals surface area contributed by atoms with Crippen molar-refractivity contribution in [2.75, 3.05) is 17.6 Å². The second kappa shape index (κ2) is 4.75. The fourth-order valence-corrected chi connectivity index (χ4v) is 2.34. The van der Waals surface area contributed by atoms with Crippen molar-refractivity contribution >= 4 is 23.0 Å². The predicted molar refractivity (Wildman–Crippen MR) is 66.3 cm³/mol. The van der Waals surface area contributed by atoms with Gasteiger partial charge in [-0.05, 0) is 37.0 Å². The molecule has 3 heteroatoms. The van der Waals surface area contributed by atoms with Gasteiger partial charge in [0, 0.05) is 11.6 Å². The molecule has 0 aromatic heterocycles. The summed E-state index contributed by atoms with van der Waals surface area (Å²) in [6.45, 7) is 1.03. The zero-order chi connectivity index (χ0) is 10.7. The molecule has 1 aromatic rings. The molecular weight excluding hydrogens is 208 g/mol. The van der Waals surface area contributed by atoms with Crippen molar-refractivity contribution in [2.24, 2.45) is 5.92 Å². The van der Waals surface area contributed by atoms with Gasteiger partial charge in [0.15, 0.2) is 0 Å². The molecule has 2 rings (SSSR count).